The number of aryl methyl sites for hydroxylation is 4. The highest BCUT2D eigenvalue weighted by Gasteiger charge is 2.39. The van der Waals surface area contributed by atoms with E-state index >= 15 is 0 Å². The van der Waals surface area contributed by atoms with Gasteiger partial charge < -0.3 is 38.9 Å². The quantitative estimate of drug-likeness (QED) is 0.0394. The Bertz CT molecular complexity index is 3310. The number of unbranched alkanes of at least 4 members (excludes halogenated alkanes) is 2. The maximum Gasteiger partial charge on any atom is 0.294 e. The number of fused-ring (bicyclic) bond motifs is 2. The zero-order chi connectivity index (χ0) is 54.0. The Labute approximate surface area is 433 Å². The smallest absolute Gasteiger partial charge is 0.294 e. The molecule has 0 spiro atoms. The van der Waals surface area contributed by atoms with Gasteiger partial charge >= 0.3 is 0 Å². The van der Waals surface area contributed by atoms with Crippen LogP contribution in [0, 0.1) is 10.1 Å². The van der Waals surface area contributed by atoms with Crippen LogP contribution in [0.2, 0.25) is 0 Å². The summed E-state index contributed by atoms with van der Waals surface area (Å²) in [6.45, 7) is 10.2. The minimum absolute atomic E-state index is 0.00460. The van der Waals surface area contributed by atoms with Crippen LogP contribution in [0.1, 0.15) is 77.6 Å². The largest absolute Gasteiger partial charge is 0.493 e. The van der Waals surface area contributed by atoms with Gasteiger partial charge in [-0.05, 0) is 88.8 Å². The highest BCUT2D eigenvalue weighted by molar-refractivity contribution is 7.89. The molecule has 27 heteroatoms. The third-order valence-electron chi connectivity index (χ3n) is 12.4. The minimum Gasteiger partial charge on any atom is -0.493 e. The molecule has 2 fully saturated rings. The average Bonchev–Trinajstić information content (AvgIpc) is 3.84. The van der Waals surface area contributed by atoms with Gasteiger partial charge in [-0.15, -0.1) is 10.1 Å². The number of aromatic amines is 2. The number of ether oxygens (including phenoxy) is 4. The zero-order valence-corrected chi connectivity index (χ0v) is 44.6. The number of aliphatic hydroxyl groups excluding tert-OH is 1. The monoisotopic (exact) mass is 1080 g/mol. The number of H-pyrrole nitrogens is 2. The van der Waals surface area contributed by atoms with Crippen molar-refractivity contribution in [3.63, 3.8) is 0 Å². The molecule has 4 aromatic heterocycles. The SMILES string of the molecule is CCCc1nn(C)c2c(=O)[nH]c(-c3cc(S(=O)(=O)N4CC(OCCCCO)C4)ccc3OCC)nc12.CCCc1nn(C)c2c(=O)[nH]c(-c3cc(S(=O)(=O)N4CC(OCCCCO[N+](=O)[O-])C4)ccc3OCC)nc12. The Morgan fingerprint density at radius 2 is 1.08 bits per heavy atom. The van der Waals surface area contributed by atoms with Gasteiger partial charge in [0.2, 0.25) is 20.0 Å². The van der Waals surface area contributed by atoms with E-state index < -0.39 is 25.1 Å². The van der Waals surface area contributed by atoms with Gasteiger partial charge in [-0.25, -0.2) is 26.8 Å². The lowest BCUT2D eigenvalue weighted by molar-refractivity contribution is -0.757. The molecule has 2 saturated heterocycles. The van der Waals surface area contributed by atoms with E-state index in [1.807, 2.05) is 27.7 Å². The fraction of sp³-hybridized carbons (Fsp3) is 0.542. The molecular formula is C48H65N11O14S2. The van der Waals surface area contributed by atoms with Crippen molar-refractivity contribution >= 4 is 42.1 Å². The Morgan fingerprint density at radius 3 is 1.47 bits per heavy atom. The van der Waals surface area contributed by atoms with Crippen molar-refractivity contribution in [3.8, 4) is 34.3 Å². The molecule has 0 bridgehead atoms. The Kier molecular flexibility index (Phi) is 18.8. The summed E-state index contributed by atoms with van der Waals surface area (Å²) in [6.07, 6.45) is 4.96. The second kappa shape index (κ2) is 25.0. The molecule has 75 heavy (non-hydrogen) atoms. The lowest BCUT2D eigenvalue weighted by atomic mass is 10.1. The number of nitrogens with zero attached hydrogens (tertiary/aromatic N) is 9. The number of hydrogen-bond acceptors (Lipinski definition) is 18. The van der Waals surface area contributed by atoms with Gasteiger partial charge in [-0.2, -0.15) is 18.8 Å². The Hall–Kier alpha value is -6.36. The number of nitrogens with one attached hydrogen (secondary N) is 2. The van der Waals surface area contributed by atoms with Gasteiger partial charge in [-0.3, -0.25) is 19.0 Å². The van der Waals surface area contributed by atoms with Crippen molar-refractivity contribution < 1.29 is 50.8 Å². The van der Waals surface area contributed by atoms with Crippen LogP contribution in [0.3, 0.4) is 0 Å². The van der Waals surface area contributed by atoms with Crippen molar-refractivity contribution in [2.45, 2.75) is 101 Å². The first-order valence-electron chi connectivity index (χ1n) is 25.0. The van der Waals surface area contributed by atoms with Crippen LogP contribution in [0.25, 0.3) is 44.8 Å². The third kappa shape index (κ3) is 12.8. The van der Waals surface area contributed by atoms with E-state index in [2.05, 4.69) is 35.0 Å². The highest BCUT2D eigenvalue weighted by Crippen LogP contribution is 2.35. The zero-order valence-electron chi connectivity index (χ0n) is 42.9. The Morgan fingerprint density at radius 1 is 0.667 bits per heavy atom. The van der Waals surface area contributed by atoms with Gasteiger partial charge in [0.15, 0.2) is 11.0 Å². The van der Waals surface area contributed by atoms with Crippen molar-refractivity contribution in [1.82, 2.24) is 48.1 Å². The van der Waals surface area contributed by atoms with Crippen LogP contribution in [0.5, 0.6) is 11.5 Å². The van der Waals surface area contributed by atoms with Gasteiger partial charge in [0.1, 0.15) is 34.2 Å². The molecule has 25 nitrogen and oxygen atoms in total. The van der Waals surface area contributed by atoms with Crippen LogP contribution < -0.4 is 20.6 Å². The normalized spacial score (nSPS) is 14.7. The third-order valence-corrected chi connectivity index (χ3v) is 16.1. The standard InChI is InChI=1S/C24H32N6O8S.C24H33N5O6S/c1-4-8-19-21-22(28(3)27-19)24(31)26-23(25-21)18-13-17(9-10-20(18)36-5-2)39(34,35)29-14-16(15-29)37-11-6-7-12-38-30(32)33;1-4-8-19-21-22(28(3)27-19)24(31)26-23(25-21)18-13-17(9-10-20(18)34-5-2)36(32,33)29-14-16(15-29)35-12-7-6-11-30/h9-10,13,16H,4-8,11-12,14-15H2,1-3H3,(H,25,26,31);9-10,13,16,30H,4-8,11-12,14-15H2,1-3H3,(H,25,26,31). The molecule has 0 saturated carbocycles. The second-order valence-corrected chi connectivity index (χ2v) is 21.7. The van der Waals surface area contributed by atoms with E-state index in [-0.39, 0.29) is 84.2 Å². The molecule has 2 aliphatic rings. The summed E-state index contributed by atoms with van der Waals surface area (Å²) < 4.78 is 81.8. The fourth-order valence-corrected chi connectivity index (χ4v) is 11.7. The molecule has 8 rings (SSSR count). The second-order valence-electron chi connectivity index (χ2n) is 17.9. The molecule has 0 amide bonds. The highest BCUT2D eigenvalue weighted by atomic mass is 32.2. The van der Waals surface area contributed by atoms with E-state index in [1.54, 1.807) is 26.2 Å². The predicted octanol–water partition coefficient (Wildman–Crippen LogP) is 3.89. The predicted molar refractivity (Wildman–Crippen MR) is 275 cm³/mol. The van der Waals surface area contributed by atoms with Gasteiger partial charge in [0.05, 0.1) is 64.3 Å². The maximum atomic E-state index is 13.4. The lowest BCUT2D eigenvalue weighted by Gasteiger charge is -2.37. The summed E-state index contributed by atoms with van der Waals surface area (Å²) in [4.78, 5) is 55.4. The van der Waals surface area contributed by atoms with Crippen LogP contribution >= 0.6 is 0 Å². The number of aliphatic hydroxyl groups is 1. The number of benzene rings is 2. The van der Waals surface area contributed by atoms with Crippen LogP contribution in [0.15, 0.2) is 55.8 Å². The minimum atomic E-state index is -3.84. The lowest BCUT2D eigenvalue weighted by Crippen LogP contribution is -2.54. The van der Waals surface area contributed by atoms with Crippen LogP contribution in [-0.4, -0.2) is 153 Å². The average molecular weight is 1080 g/mol. The molecule has 6 aromatic rings. The molecule has 3 N–H and O–H groups in total. The molecule has 2 aliphatic heterocycles. The number of sulfonamides is 2. The van der Waals surface area contributed by atoms with E-state index in [4.69, 9.17) is 24.1 Å². The number of hydrogen-bond donors (Lipinski definition) is 3. The van der Waals surface area contributed by atoms with Crippen LogP contribution in [-0.2, 0) is 61.3 Å². The van der Waals surface area contributed by atoms with Crippen molar-refractivity contribution in [2.24, 2.45) is 14.1 Å². The number of rotatable bonds is 26. The first kappa shape index (κ1) is 56.4. The summed E-state index contributed by atoms with van der Waals surface area (Å²) >= 11 is 0. The van der Waals surface area contributed by atoms with Gasteiger partial charge in [-0.1, -0.05) is 26.7 Å². The summed E-state index contributed by atoms with van der Waals surface area (Å²) in [5.41, 5.74) is 3.11. The fourth-order valence-electron chi connectivity index (χ4n) is 8.59. The first-order chi connectivity index (χ1) is 35.9. The van der Waals surface area contributed by atoms with E-state index in [1.165, 1.54) is 42.2 Å². The Balaban J connectivity index is 0.000000219. The molecule has 2 aromatic carbocycles. The van der Waals surface area contributed by atoms with E-state index in [9.17, 15) is 36.5 Å². The topological polar surface area (TPSA) is 311 Å². The van der Waals surface area contributed by atoms with E-state index in [0.29, 0.717) is 109 Å². The first-order valence-corrected chi connectivity index (χ1v) is 27.9. The number of aromatic nitrogens is 8. The summed E-state index contributed by atoms with van der Waals surface area (Å²) in [7, 11) is -4.23. The molecule has 0 radical (unpaired) electrons. The van der Waals surface area contributed by atoms with E-state index in [0.717, 1.165) is 25.0 Å². The summed E-state index contributed by atoms with van der Waals surface area (Å²) in [6, 6.07) is 9.08. The molecule has 0 unspecified atom stereocenters. The van der Waals surface area contributed by atoms with Gasteiger partial charge in [0.25, 0.3) is 16.2 Å². The van der Waals surface area contributed by atoms with Crippen molar-refractivity contribution in [2.75, 3.05) is 65.8 Å². The molecule has 0 atom stereocenters. The molecule has 0 aliphatic carbocycles. The van der Waals surface area contributed by atoms with Gasteiger partial charge in [0, 0.05) is 60.1 Å². The van der Waals surface area contributed by atoms with Crippen molar-refractivity contribution in [1.29, 1.82) is 0 Å². The molecular weight excluding hydrogens is 1020 g/mol. The van der Waals surface area contributed by atoms with Crippen LogP contribution in [0.4, 0.5) is 0 Å². The summed E-state index contributed by atoms with van der Waals surface area (Å²) in [5.74, 6) is 1.25. The molecule has 408 valence electrons. The molecule has 6 heterocycles. The summed E-state index contributed by atoms with van der Waals surface area (Å²) in [5, 5.41) is 27.1. The van der Waals surface area contributed by atoms with Crippen molar-refractivity contribution in [3.05, 3.63) is 78.6 Å². The maximum absolute atomic E-state index is 13.4.